The topological polar surface area (TPSA) is 38.8 Å². The van der Waals surface area contributed by atoms with E-state index >= 15 is 0 Å². The van der Waals surface area contributed by atoms with Gasteiger partial charge < -0.3 is 14.4 Å². The van der Waals surface area contributed by atoms with Gasteiger partial charge >= 0.3 is 0 Å². The van der Waals surface area contributed by atoms with E-state index in [1.807, 2.05) is 41.3 Å². The van der Waals surface area contributed by atoms with Gasteiger partial charge in [-0.25, -0.2) is 0 Å². The number of amides is 1. The van der Waals surface area contributed by atoms with Crippen LogP contribution < -0.4 is 9.47 Å². The average molecular weight is 311 g/mol. The number of benzene rings is 2. The Balaban J connectivity index is 1.93. The largest absolute Gasteiger partial charge is 0.497 e. The van der Waals surface area contributed by atoms with Gasteiger partial charge in [-0.2, -0.15) is 0 Å². The molecule has 1 aliphatic heterocycles. The van der Waals surface area contributed by atoms with Crippen LogP contribution in [0.1, 0.15) is 34.5 Å². The number of hydrogen-bond acceptors (Lipinski definition) is 3. The molecule has 4 nitrogen and oxygen atoms in total. The lowest BCUT2D eigenvalue weighted by Gasteiger charge is -2.35. The Hall–Kier alpha value is -2.49. The lowest BCUT2D eigenvalue weighted by molar-refractivity contribution is 0.0674. The van der Waals surface area contributed by atoms with Crippen LogP contribution in [0.4, 0.5) is 0 Å². The van der Waals surface area contributed by atoms with Gasteiger partial charge in [-0.1, -0.05) is 18.2 Å². The Kier molecular flexibility index (Phi) is 4.24. The van der Waals surface area contributed by atoms with Crippen molar-refractivity contribution in [3.8, 4) is 11.5 Å². The predicted octanol–water partition coefficient (Wildman–Crippen LogP) is 3.46. The van der Waals surface area contributed by atoms with Crippen LogP contribution in [-0.4, -0.2) is 31.6 Å². The fourth-order valence-electron chi connectivity index (χ4n) is 3.17. The van der Waals surface area contributed by atoms with Crippen LogP contribution in [0, 0.1) is 0 Å². The van der Waals surface area contributed by atoms with Gasteiger partial charge in [-0.05, 0) is 48.7 Å². The van der Waals surface area contributed by atoms with E-state index in [0.29, 0.717) is 17.9 Å². The third kappa shape index (κ3) is 2.77. The zero-order valence-electron chi connectivity index (χ0n) is 13.7. The number of rotatable bonds is 3. The first-order chi connectivity index (χ1) is 11.2. The molecule has 23 heavy (non-hydrogen) atoms. The van der Waals surface area contributed by atoms with Crippen molar-refractivity contribution in [3.05, 3.63) is 59.2 Å². The molecule has 2 aromatic rings. The molecule has 1 unspecified atom stereocenters. The average Bonchev–Trinajstić information content (AvgIpc) is 2.61. The summed E-state index contributed by atoms with van der Waals surface area (Å²) in [5, 5.41) is 0. The smallest absolute Gasteiger partial charge is 0.258 e. The number of hydrogen-bond donors (Lipinski definition) is 0. The number of fused-ring (bicyclic) bond motifs is 1. The molecule has 0 bridgehead atoms. The van der Waals surface area contributed by atoms with E-state index < -0.39 is 0 Å². The van der Waals surface area contributed by atoms with Gasteiger partial charge in [0, 0.05) is 6.54 Å². The molecule has 0 aromatic heterocycles. The van der Waals surface area contributed by atoms with Gasteiger partial charge in [0.15, 0.2) is 0 Å². The quantitative estimate of drug-likeness (QED) is 0.871. The number of carbonyl (C=O) groups is 1. The first-order valence-electron chi connectivity index (χ1n) is 7.76. The van der Waals surface area contributed by atoms with Crippen LogP contribution in [0.15, 0.2) is 42.5 Å². The van der Waals surface area contributed by atoms with E-state index in [1.165, 1.54) is 5.56 Å². The van der Waals surface area contributed by atoms with Crippen molar-refractivity contribution in [2.75, 3.05) is 20.8 Å². The van der Waals surface area contributed by atoms with Gasteiger partial charge in [-0.3, -0.25) is 4.79 Å². The van der Waals surface area contributed by atoms with E-state index in [2.05, 4.69) is 13.0 Å². The highest BCUT2D eigenvalue weighted by molar-refractivity contribution is 5.97. The predicted molar refractivity (Wildman–Crippen MR) is 89.1 cm³/mol. The van der Waals surface area contributed by atoms with E-state index in [-0.39, 0.29) is 11.9 Å². The lowest BCUT2D eigenvalue weighted by Crippen LogP contribution is -2.39. The minimum atomic E-state index is 0.00317. The van der Waals surface area contributed by atoms with Crippen molar-refractivity contribution in [2.24, 2.45) is 0 Å². The zero-order valence-corrected chi connectivity index (χ0v) is 13.7. The zero-order chi connectivity index (χ0) is 16.4. The number of carbonyl (C=O) groups excluding carboxylic acids is 1. The monoisotopic (exact) mass is 311 g/mol. The SMILES string of the molecule is COc1ccc2c(c1)C(C)N(C(=O)c1ccccc1OC)CC2. The molecule has 0 spiro atoms. The molecule has 0 fully saturated rings. The number of nitrogens with zero attached hydrogens (tertiary/aromatic N) is 1. The highest BCUT2D eigenvalue weighted by Gasteiger charge is 2.29. The Bertz CT molecular complexity index is 726. The van der Waals surface area contributed by atoms with Crippen LogP contribution in [0.25, 0.3) is 0 Å². The van der Waals surface area contributed by atoms with Crippen molar-refractivity contribution in [2.45, 2.75) is 19.4 Å². The summed E-state index contributed by atoms with van der Waals surface area (Å²) in [6.45, 7) is 2.77. The first kappa shape index (κ1) is 15.4. The van der Waals surface area contributed by atoms with Crippen LogP contribution in [0.2, 0.25) is 0 Å². The molecule has 0 N–H and O–H groups in total. The maximum Gasteiger partial charge on any atom is 0.258 e. The van der Waals surface area contributed by atoms with E-state index in [9.17, 15) is 4.79 Å². The van der Waals surface area contributed by atoms with Crippen molar-refractivity contribution in [3.63, 3.8) is 0 Å². The standard InChI is InChI=1S/C19H21NO3/c1-13-17-12-15(22-2)9-8-14(17)10-11-20(13)19(21)16-6-4-5-7-18(16)23-3/h4-9,12-13H,10-11H2,1-3H3. The second-order valence-corrected chi connectivity index (χ2v) is 5.69. The summed E-state index contributed by atoms with van der Waals surface area (Å²) < 4.78 is 10.7. The highest BCUT2D eigenvalue weighted by atomic mass is 16.5. The third-order valence-corrected chi connectivity index (χ3v) is 4.49. The number of methoxy groups -OCH3 is 2. The Morgan fingerprint density at radius 2 is 1.91 bits per heavy atom. The van der Waals surface area contributed by atoms with Crippen molar-refractivity contribution in [1.29, 1.82) is 0 Å². The molecule has 1 atom stereocenters. The van der Waals surface area contributed by atoms with Crippen molar-refractivity contribution >= 4 is 5.91 Å². The van der Waals surface area contributed by atoms with E-state index in [4.69, 9.17) is 9.47 Å². The van der Waals surface area contributed by atoms with Gasteiger partial charge in [-0.15, -0.1) is 0 Å². The molecule has 2 aromatic carbocycles. The van der Waals surface area contributed by atoms with Crippen LogP contribution in [-0.2, 0) is 6.42 Å². The molecule has 0 aliphatic carbocycles. The number of ether oxygens (including phenoxy) is 2. The summed E-state index contributed by atoms with van der Waals surface area (Å²) >= 11 is 0. The Labute approximate surface area is 136 Å². The second kappa shape index (κ2) is 6.32. The van der Waals surface area contributed by atoms with Crippen molar-refractivity contribution < 1.29 is 14.3 Å². The van der Waals surface area contributed by atoms with Crippen molar-refractivity contribution in [1.82, 2.24) is 4.90 Å². The molecule has 1 amide bonds. The molecular formula is C19H21NO3. The number of para-hydroxylation sites is 1. The molecule has 0 saturated heterocycles. The Morgan fingerprint density at radius 3 is 2.65 bits per heavy atom. The molecule has 120 valence electrons. The normalized spacial score (nSPS) is 16.7. The molecule has 1 heterocycles. The Morgan fingerprint density at radius 1 is 1.13 bits per heavy atom. The summed E-state index contributed by atoms with van der Waals surface area (Å²) in [7, 11) is 3.25. The summed E-state index contributed by atoms with van der Waals surface area (Å²) in [6.07, 6.45) is 0.852. The van der Waals surface area contributed by atoms with Crippen LogP contribution >= 0.6 is 0 Å². The van der Waals surface area contributed by atoms with Gasteiger partial charge in [0.05, 0.1) is 25.8 Å². The molecular weight excluding hydrogens is 290 g/mol. The fraction of sp³-hybridized carbons (Fsp3) is 0.316. The fourth-order valence-corrected chi connectivity index (χ4v) is 3.17. The van der Waals surface area contributed by atoms with E-state index in [1.54, 1.807) is 14.2 Å². The molecule has 4 heteroatoms. The highest BCUT2D eigenvalue weighted by Crippen LogP contribution is 2.34. The van der Waals surface area contributed by atoms with E-state index in [0.717, 1.165) is 17.7 Å². The minimum absolute atomic E-state index is 0.00317. The third-order valence-electron chi connectivity index (χ3n) is 4.49. The lowest BCUT2D eigenvalue weighted by atomic mass is 9.92. The minimum Gasteiger partial charge on any atom is -0.497 e. The molecule has 1 aliphatic rings. The maximum atomic E-state index is 13.0. The first-order valence-corrected chi connectivity index (χ1v) is 7.76. The molecule has 3 rings (SSSR count). The van der Waals surface area contributed by atoms with Gasteiger partial charge in [0.1, 0.15) is 11.5 Å². The van der Waals surface area contributed by atoms with Gasteiger partial charge in [0.2, 0.25) is 0 Å². The van der Waals surface area contributed by atoms with Crippen LogP contribution in [0.3, 0.4) is 0 Å². The van der Waals surface area contributed by atoms with Gasteiger partial charge in [0.25, 0.3) is 5.91 Å². The summed E-state index contributed by atoms with van der Waals surface area (Å²) in [5.41, 5.74) is 3.04. The van der Waals surface area contributed by atoms with Crippen LogP contribution in [0.5, 0.6) is 11.5 Å². The second-order valence-electron chi connectivity index (χ2n) is 5.69. The summed E-state index contributed by atoms with van der Waals surface area (Å²) in [4.78, 5) is 14.9. The maximum absolute atomic E-state index is 13.0. The molecule has 0 saturated carbocycles. The molecule has 0 radical (unpaired) electrons. The summed E-state index contributed by atoms with van der Waals surface area (Å²) in [6, 6.07) is 13.5. The summed E-state index contributed by atoms with van der Waals surface area (Å²) in [5.74, 6) is 1.44.